The van der Waals surface area contributed by atoms with Crippen molar-refractivity contribution in [3.8, 4) is 0 Å². The molecule has 1 heterocycles. The third-order valence-corrected chi connectivity index (χ3v) is 5.39. The van der Waals surface area contributed by atoms with E-state index in [1.165, 1.54) is 18.5 Å². The minimum absolute atomic E-state index is 0.0382. The van der Waals surface area contributed by atoms with Gasteiger partial charge >= 0.3 is 0 Å². The summed E-state index contributed by atoms with van der Waals surface area (Å²) in [5.41, 5.74) is 4.39. The van der Waals surface area contributed by atoms with Crippen LogP contribution in [0.5, 0.6) is 0 Å². The molecule has 4 rings (SSSR count). The van der Waals surface area contributed by atoms with Gasteiger partial charge in [-0.1, -0.05) is 66.7 Å². The van der Waals surface area contributed by atoms with E-state index >= 15 is 0 Å². The molecule has 1 fully saturated rings. The third kappa shape index (κ3) is 4.42. The topological polar surface area (TPSA) is 32.3 Å². The lowest BCUT2D eigenvalue weighted by Crippen LogP contribution is -2.19. The normalized spacial score (nSPS) is 13.7. The second kappa shape index (κ2) is 8.75. The molecule has 1 aliphatic rings. The number of rotatable bonds is 6. The van der Waals surface area contributed by atoms with Crippen LogP contribution in [0.4, 0.5) is 11.4 Å². The van der Waals surface area contributed by atoms with Crippen molar-refractivity contribution < 1.29 is 4.79 Å². The average Bonchev–Trinajstić information content (AvgIpc) is 3.29. The maximum atomic E-state index is 12.9. The number of carbonyl (C=O) groups excluding carboxylic acids is 1. The summed E-state index contributed by atoms with van der Waals surface area (Å²) in [5.74, 6) is 0.0837. The zero-order chi connectivity index (χ0) is 19.2. The molecule has 3 aromatic carbocycles. The summed E-state index contributed by atoms with van der Waals surface area (Å²) in [7, 11) is 0. The first-order chi connectivity index (χ1) is 13.8. The van der Waals surface area contributed by atoms with Gasteiger partial charge in [0.2, 0.25) is 5.91 Å². The van der Waals surface area contributed by atoms with Gasteiger partial charge in [0.15, 0.2) is 0 Å². The van der Waals surface area contributed by atoms with Crippen LogP contribution in [-0.2, 0) is 4.79 Å². The molecule has 0 unspecified atom stereocenters. The smallest absolute Gasteiger partial charge is 0.225 e. The van der Waals surface area contributed by atoms with Crippen LogP contribution in [0.2, 0.25) is 0 Å². The highest BCUT2D eigenvalue weighted by molar-refractivity contribution is 5.92. The van der Waals surface area contributed by atoms with Gasteiger partial charge in [-0.05, 0) is 42.2 Å². The van der Waals surface area contributed by atoms with E-state index in [1.807, 2.05) is 48.5 Å². The van der Waals surface area contributed by atoms with Crippen molar-refractivity contribution in [2.75, 3.05) is 23.3 Å². The van der Waals surface area contributed by atoms with Crippen LogP contribution in [0.1, 0.15) is 36.3 Å². The fraction of sp³-hybridized carbons (Fsp3) is 0.240. The molecule has 0 aliphatic carbocycles. The van der Waals surface area contributed by atoms with Gasteiger partial charge in [0.25, 0.3) is 0 Å². The van der Waals surface area contributed by atoms with E-state index in [2.05, 4.69) is 46.6 Å². The summed E-state index contributed by atoms with van der Waals surface area (Å²) in [6, 6.07) is 28.7. The second-order valence-corrected chi connectivity index (χ2v) is 7.37. The van der Waals surface area contributed by atoms with Crippen LogP contribution in [-0.4, -0.2) is 19.0 Å². The van der Waals surface area contributed by atoms with Gasteiger partial charge in [-0.15, -0.1) is 0 Å². The van der Waals surface area contributed by atoms with Crippen molar-refractivity contribution in [2.45, 2.75) is 25.2 Å². The van der Waals surface area contributed by atoms with E-state index < -0.39 is 0 Å². The van der Waals surface area contributed by atoms with Crippen molar-refractivity contribution in [3.63, 3.8) is 0 Å². The maximum absolute atomic E-state index is 12.9. The van der Waals surface area contributed by atoms with Gasteiger partial charge in [0, 0.05) is 36.8 Å². The highest BCUT2D eigenvalue weighted by atomic mass is 16.1. The van der Waals surface area contributed by atoms with E-state index in [4.69, 9.17) is 0 Å². The molecule has 1 N–H and O–H groups in total. The molecule has 0 spiro atoms. The van der Waals surface area contributed by atoms with Crippen molar-refractivity contribution in [1.29, 1.82) is 0 Å². The Morgan fingerprint density at radius 3 is 2.04 bits per heavy atom. The van der Waals surface area contributed by atoms with Crippen LogP contribution in [0, 0.1) is 0 Å². The number of anilines is 2. The summed E-state index contributed by atoms with van der Waals surface area (Å²) < 4.78 is 0. The largest absolute Gasteiger partial charge is 0.371 e. The predicted octanol–water partition coefficient (Wildman–Crippen LogP) is 5.45. The molecule has 28 heavy (non-hydrogen) atoms. The lowest BCUT2D eigenvalue weighted by atomic mass is 9.88. The quantitative estimate of drug-likeness (QED) is 0.626. The molecule has 1 aliphatic heterocycles. The summed E-state index contributed by atoms with van der Waals surface area (Å²) in [6.07, 6.45) is 2.90. The number of amides is 1. The first-order valence-electron chi connectivity index (χ1n) is 10.0. The van der Waals surface area contributed by atoms with Crippen molar-refractivity contribution in [3.05, 3.63) is 96.1 Å². The standard InChI is InChI=1S/C25H26N2O/c28-25(26-22-14-9-15-23(18-22)27-16-7-8-17-27)19-24(20-10-3-1-4-11-20)21-12-5-2-6-13-21/h1-6,9-15,18,24H,7-8,16-17,19H2,(H,26,28). The van der Waals surface area contributed by atoms with Gasteiger partial charge in [0.05, 0.1) is 0 Å². The van der Waals surface area contributed by atoms with Gasteiger partial charge in [-0.2, -0.15) is 0 Å². The summed E-state index contributed by atoms with van der Waals surface area (Å²) in [5, 5.41) is 3.11. The van der Waals surface area contributed by atoms with Gasteiger partial charge in [0.1, 0.15) is 0 Å². The summed E-state index contributed by atoms with van der Waals surface area (Å²) in [4.78, 5) is 15.3. The third-order valence-electron chi connectivity index (χ3n) is 5.39. The highest BCUT2D eigenvalue weighted by Gasteiger charge is 2.19. The zero-order valence-electron chi connectivity index (χ0n) is 16.1. The SMILES string of the molecule is O=C(CC(c1ccccc1)c1ccccc1)Nc1cccc(N2CCCC2)c1. The van der Waals surface area contributed by atoms with Gasteiger partial charge in [-0.25, -0.2) is 0 Å². The van der Waals surface area contributed by atoms with E-state index in [0.29, 0.717) is 6.42 Å². The van der Waals surface area contributed by atoms with Crippen LogP contribution in [0.3, 0.4) is 0 Å². The first kappa shape index (κ1) is 18.3. The molecular weight excluding hydrogens is 344 g/mol. The minimum atomic E-state index is 0.0382. The lowest BCUT2D eigenvalue weighted by Gasteiger charge is -2.20. The molecule has 3 aromatic rings. The molecule has 1 saturated heterocycles. The molecule has 0 radical (unpaired) electrons. The number of nitrogens with one attached hydrogen (secondary N) is 1. The summed E-state index contributed by atoms with van der Waals surface area (Å²) in [6.45, 7) is 2.20. The Balaban J connectivity index is 1.50. The molecule has 142 valence electrons. The van der Waals surface area contributed by atoms with Crippen molar-refractivity contribution >= 4 is 17.3 Å². The number of benzene rings is 3. The Morgan fingerprint density at radius 1 is 0.821 bits per heavy atom. The Labute approximate surface area is 167 Å². The number of hydrogen-bond donors (Lipinski definition) is 1. The van der Waals surface area contributed by atoms with Crippen LogP contribution >= 0.6 is 0 Å². The van der Waals surface area contributed by atoms with Crippen LogP contribution in [0.15, 0.2) is 84.9 Å². The van der Waals surface area contributed by atoms with Crippen LogP contribution in [0.25, 0.3) is 0 Å². The maximum Gasteiger partial charge on any atom is 0.225 e. The fourth-order valence-electron chi connectivity index (χ4n) is 3.95. The molecule has 3 heteroatoms. The average molecular weight is 370 g/mol. The minimum Gasteiger partial charge on any atom is -0.371 e. The van der Waals surface area contributed by atoms with Gasteiger partial charge < -0.3 is 10.2 Å². The highest BCUT2D eigenvalue weighted by Crippen LogP contribution is 2.29. The molecule has 3 nitrogen and oxygen atoms in total. The van der Waals surface area contributed by atoms with Crippen molar-refractivity contribution in [1.82, 2.24) is 0 Å². The molecule has 0 aromatic heterocycles. The number of carbonyl (C=O) groups is 1. The lowest BCUT2D eigenvalue weighted by molar-refractivity contribution is -0.116. The van der Waals surface area contributed by atoms with E-state index in [1.54, 1.807) is 0 Å². The molecule has 0 bridgehead atoms. The van der Waals surface area contributed by atoms with Crippen LogP contribution < -0.4 is 10.2 Å². The zero-order valence-corrected chi connectivity index (χ0v) is 16.1. The first-order valence-corrected chi connectivity index (χ1v) is 10.0. The number of nitrogens with zero attached hydrogens (tertiary/aromatic N) is 1. The van der Waals surface area contributed by atoms with Crippen molar-refractivity contribution in [2.24, 2.45) is 0 Å². The van der Waals surface area contributed by atoms with E-state index in [-0.39, 0.29) is 11.8 Å². The van der Waals surface area contributed by atoms with Gasteiger partial charge in [-0.3, -0.25) is 4.79 Å². The number of hydrogen-bond acceptors (Lipinski definition) is 2. The molecule has 0 saturated carbocycles. The predicted molar refractivity (Wildman–Crippen MR) is 116 cm³/mol. The Kier molecular flexibility index (Phi) is 5.72. The van der Waals surface area contributed by atoms with E-state index in [9.17, 15) is 4.79 Å². The van der Waals surface area contributed by atoms with E-state index in [0.717, 1.165) is 29.9 Å². The Bertz CT molecular complexity index is 863. The second-order valence-electron chi connectivity index (χ2n) is 7.37. The molecule has 0 atom stereocenters. The summed E-state index contributed by atoms with van der Waals surface area (Å²) >= 11 is 0. The Hall–Kier alpha value is -3.07. The monoisotopic (exact) mass is 370 g/mol. The Morgan fingerprint density at radius 2 is 1.43 bits per heavy atom. The molecular formula is C25H26N2O. The molecule has 1 amide bonds. The fourth-order valence-corrected chi connectivity index (χ4v) is 3.95.